The van der Waals surface area contributed by atoms with Crippen LogP contribution in [-0.4, -0.2) is 10.8 Å². The largest absolute Gasteiger partial charge is 0.489 e. The molecule has 0 heterocycles. The second-order valence-electron chi connectivity index (χ2n) is 5.94. The molecule has 0 saturated heterocycles. The van der Waals surface area contributed by atoms with Gasteiger partial charge >= 0.3 is 0 Å². The number of rotatable bonds is 7. The molecule has 0 aromatic heterocycles. The van der Waals surface area contributed by atoms with E-state index in [2.05, 4.69) is 5.32 Å². The molecule has 1 amide bonds. The van der Waals surface area contributed by atoms with E-state index >= 15 is 0 Å². The highest BCUT2D eigenvalue weighted by molar-refractivity contribution is 6.02. The first kappa shape index (κ1) is 18.8. The number of nitro benzene ring substituents is 1. The summed E-state index contributed by atoms with van der Waals surface area (Å²) in [5.41, 5.74) is 1.99. The molecule has 0 unspecified atom stereocenters. The number of nitro groups is 1. The maximum atomic E-state index is 12.1. The number of para-hydroxylation sites is 1. The van der Waals surface area contributed by atoms with E-state index in [-0.39, 0.29) is 11.6 Å². The fraction of sp³-hybridized carbons (Fsp3) is 0.0455. The summed E-state index contributed by atoms with van der Waals surface area (Å²) < 4.78 is 5.70. The van der Waals surface area contributed by atoms with Gasteiger partial charge in [0, 0.05) is 17.8 Å². The van der Waals surface area contributed by atoms with Gasteiger partial charge in [-0.05, 0) is 42.0 Å². The number of benzene rings is 3. The molecule has 6 nitrogen and oxygen atoms in total. The van der Waals surface area contributed by atoms with Gasteiger partial charge in [-0.25, -0.2) is 0 Å². The van der Waals surface area contributed by atoms with E-state index in [0.717, 1.165) is 5.56 Å². The Balaban J connectivity index is 1.56. The fourth-order valence-corrected chi connectivity index (χ4v) is 2.52. The number of carbonyl (C=O) groups excluding carboxylic acids is 1. The van der Waals surface area contributed by atoms with E-state index in [4.69, 9.17) is 4.74 Å². The molecule has 3 aromatic carbocycles. The van der Waals surface area contributed by atoms with Crippen molar-refractivity contribution in [2.75, 3.05) is 5.32 Å². The van der Waals surface area contributed by atoms with Crippen LogP contribution in [0, 0.1) is 10.1 Å². The second-order valence-corrected chi connectivity index (χ2v) is 5.94. The van der Waals surface area contributed by atoms with Gasteiger partial charge in [0.25, 0.3) is 5.69 Å². The van der Waals surface area contributed by atoms with Crippen molar-refractivity contribution in [2.45, 2.75) is 6.61 Å². The van der Waals surface area contributed by atoms with Crippen molar-refractivity contribution in [3.8, 4) is 5.75 Å². The van der Waals surface area contributed by atoms with E-state index < -0.39 is 4.92 Å². The Labute approximate surface area is 162 Å². The first-order chi connectivity index (χ1) is 13.6. The topological polar surface area (TPSA) is 81.5 Å². The SMILES string of the molecule is O=C(/C=C/c1ccccc1[N+](=O)[O-])Nc1ccc(OCc2ccccc2)cc1. The first-order valence-electron chi connectivity index (χ1n) is 8.61. The lowest BCUT2D eigenvalue weighted by Gasteiger charge is -2.07. The summed E-state index contributed by atoms with van der Waals surface area (Å²) in [7, 11) is 0. The molecule has 0 saturated carbocycles. The van der Waals surface area contributed by atoms with E-state index in [9.17, 15) is 14.9 Å². The smallest absolute Gasteiger partial charge is 0.276 e. The third kappa shape index (κ3) is 5.28. The molecule has 0 aliphatic rings. The Morgan fingerprint density at radius 1 is 0.964 bits per heavy atom. The molecule has 1 N–H and O–H groups in total. The highest BCUT2D eigenvalue weighted by atomic mass is 16.6. The number of hydrogen-bond acceptors (Lipinski definition) is 4. The highest BCUT2D eigenvalue weighted by Crippen LogP contribution is 2.20. The summed E-state index contributed by atoms with van der Waals surface area (Å²) in [5, 5.41) is 13.7. The van der Waals surface area contributed by atoms with Crippen molar-refractivity contribution < 1.29 is 14.5 Å². The Kier molecular flexibility index (Phi) is 6.15. The summed E-state index contributed by atoms with van der Waals surface area (Å²) in [4.78, 5) is 22.6. The monoisotopic (exact) mass is 374 g/mol. The molecular weight excluding hydrogens is 356 g/mol. The van der Waals surface area contributed by atoms with Crippen molar-refractivity contribution in [3.05, 3.63) is 106 Å². The zero-order valence-corrected chi connectivity index (χ0v) is 14.9. The molecule has 0 aliphatic heterocycles. The summed E-state index contributed by atoms with van der Waals surface area (Å²) >= 11 is 0. The van der Waals surface area contributed by atoms with Crippen molar-refractivity contribution in [3.63, 3.8) is 0 Å². The van der Waals surface area contributed by atoms with Gasteiger partial charge in [-0.3, -0.25) is 14.9 Å². The molecule has 0 fully saturated rings. The molecule has 6 heteroatoms. The number of ether oxygens (including phenoxy) is 1. The zero-order chi connectivity index (χ0) is 19.8. The number of nitrogens with one attached hydrogen (secondary N) is 1. The Morgan fingerprint density at radius 2 is 1.64 bits per heavy atom. The maximum Gasteiger partial charge on any atom is 0.276 e. The number of anilines is 1. The Bertz CT molecular complexity index is 983. The third-order valence-corrected chi connectivity index (χ3v) is 3.92. The summed E-state index contributed by atoms with van der Waals surface area (Å²) in [6.07, 6.45) is 2.69. The molecule has 28 heavy (non-hydrogen) atoms. The van der Waals surface area contributed by atoms with E-state index in [1.807, 2.05) is 30.3 Å². The molecular formula is C22H18N2O4. The lowest BCUT2D eigenvalue weighted by Crippen LogP contribution is -2.07. The van der Waals surface area contributed by atoms with E-state index in [1.165, 1.54) is 18.2 Å². The average molecular weight is 374 g/mol. The van der Waals surface area contributed by atoms with Gasteiger partial charge in [-0.2, -0.15) is 0 Å². The van der Waals surface area contributed by atoms with Crippen LogP contribution in [0.5, 0.6) is 5.75 Å². The normalized spacial score (nSPS) is 10.6. The maximum absolute atomic E-state index is 12.1. The van der Waals surface area contributed by atoms with Crippen LogP contribution in [-0.2, 0) is 11.4 Å². The molecule has 0 atom stereocenters. The lowest BCUT2D eigenvalue weighted by molar-refractivity contribution is -0.385. The Hall–Kier alpha value is -3.93. The third-order valence-electron chi connectivity index (χ3n) is 3.92. The first-order valence-corrected chi connectivity index (χ1v) is 8.61. The molecule has 0 spiro atoms. The van der Waals surface area contributed by atoms with Crippen LogP contribution < -0.4 is 10.1 Å². The summed E-state index contributed by atoms with van der Waals surface area (Å²) in [5.74, 6) is 0.313. The average Bonchev–Trinajstić information content (AvgIpc) is 2.72. The standard InChI is InChI=1S/C22H18N2O4/c25-22(15-10-18-8-4-5-9-21(18)24(26)27)23-19-11-13-20(14-12-19)28-16-17-6-2-1-3-7-17/h1-15H,16H2,(H,23,25)/b15-10+. The number of hydrogen-bond donors (Lipinski definition) is 1. The molecule has 0 bridgehead atoms. The van der Waals surface area contributed by atoms with Gasteiger partial charge in [0.2, 0.25) is 5.91 Å². The minimum absolute atomic E-state index is 0.0496. The van der Waals surface area contributed by atoms with Crippen LogP contribution in [0.1, 0.15) is 11.1 Å². The predicted octanol–water partition coefficient (Wildman–Crippen LogP) is 4.83. The summed E-state index contributed by atoms with van der Waals surface area (Å²) in [6.45, 7) is 0.463. The van der Waals surface area contributed by atoms with Gasteiger partial charge < -0.3 is 10.1 Å². The van der Waals surface area contributed by atoms with Gasteiger partial charge in [0.15, 0.2) is 0 Å². The highest BCUT2D eigenvalue weighted by Gasteiger charge is 2.09. The molecule has 140 valence electrons. The van der Waals surface area contributed by atoms with Crippen LogP contribution in [0.3, 0.4) is 0 Å². The molecule has 3 rings (SSSR count). The van der Waals surface area contributed by atoms with Gasteiger partial charge in [-0.1, -0.05) is 42.5 Å². The second kappa shape index (κ2) is 9.14. The fourth-order valence-electron chi connectivity index (χ4n) is 2.52. The van der Waals surface area contributed by atoms with Crippen molar-refractivity contribution in [1.29, 1.82) is 0 Å². The number of carbonyl (C=O) groups is 1. The molecule has 3 aromatic rings. The number of nitrogens with zero attached hydrogens (tertiary/aromatic N) is 1. The number of amides is 1. The van der Waals surface area contributed by atoms with Crippen LogP contribution in [0.2, 0.25) is 0 Å². The van der Waals surface area contributed by atoms with Gasteiger partial charge in [0.1, 0.15) is 12.4 Å². The minimum Gasteiger partial charge on any atom is -0.489 e. The van der Waals surface area contributed by atoms with Crippen LogP contribution in [0.4, 0.5) is 11.4 Å². The quantitative estimate of drug-likeness (QED) is 0.365. The summed E-state index contributed by atoms with van der Waals surface area (Å²) in [6, 6.07) is 23.1. The van der Waals surface area contributed by atoms with Crippen LogP contribution in [0.15, 0.2) is 84.9 Å². The van der Waals surface area contributed by atoms with E-state index in [0.29, 0.717) is 23.6 Å². The zero-order valence-electron chi connectivity index (χ0n) is 14.9. The van der Waals surface area contributed by atoms with Crippen molar-refractivity contribution in [1.82, 2.24) is 0 Å². The van der Waals surface area contributed by atoms with Gasteiger partial charge in [0.05, 0.1) is 10.5 Å². The molecule has 0 aliphatic carbocycles. The molecule has 0 radical (unpaired) electrons. The van der Waals surface area contributed by atoms with Crippen LogP contribution in [0.25, 0.3) is 6.08 Å². The van der Waals surface area contributed by atoms with Crippen LogP contribution >= 0.6 is 0 Å². The predicted molar refractivity (Wildman–Crippen MR) is 108 cm³/mol. The minimum atomic E-state index is -0.480. The lowest BCUT2D eigenvalue weighted by atomic mass is 10.1. The van der Waals surface area contributed by atoms with Crippen molar-refractivity contribution in [2.24, 2.45) is 0 Å². The van der Waals surface area contributed by atoms with E-state index in [1.54, 1.807) is 42.5 Å². The Morgan fingerprint density at radius 3 is 2.36 bits per heavy atom. The van der Waals surface area contributed by atoms with Gasteiger partial charge in [-0.15, -0.1) is 0 Å². The van der Waals surface area contributed by atoms with Crippen molar-refractivity contribution >= 4 is 23.4 Å².